The molecule has 0 bridgehead atoms. The third kappa shape index (κ3) is 3.93. The molecule has 0 aliphatic heterocycles. The Bertz CT molecular complexity index is 1270. The molecule has 154 valence electrons. The highest BCUT2D eigenvalue weighted by Gasteiger charge is 2.15. The number of halogens is 2. The van der Waals surface area contributed by atoms with E-state index in [0.717, 1.165) is 5.56 Å². The number of hydrogen-bond donors (Lipinski definition) is 3. The van der Waals surface area contributed by atoms with Crippen molar-refractivity contribution in [3.63, 3.8) is 0 Å². The molecule has 2 aromatic carbocycles. The Kier molecular flexibility index (Phi) is 5.05. The molecule has 0 radical (unpaired) electrons. The molecular weight excluding hydrogens is 396 g/mol. The molecule has 2 heterocycles. The molecular formula is C20H17F2N5O3. The summed E-state index contributed by atoms with van der Waals surface area (Å²) < 4.78 is 36.4. The average Bonchev–Trinajstić information content (AvgIpc) is 3.09. The van der Waals surface area contributed by atoms with Crippen LogP contribution in [0, 0.1) is 6.92 Å². The smallest absolute Gasteiger partial charge is 0.417 e. The van der Waals surface area contributed by atoms with E-state index in [1.807, 2.05) is 6.92 Å². The Morgan fingerprint density at radius 3 is 2.67 bits per heavy atom. The minimum absolute atomic E-state index is 0.107. The zero-order valence-corrected chi connectivity index (χ0v) is 16.0. The Balaban J connectivity index is 1.60. The van der Waals surface area contributed by atoms with Gasteiger partial charge >= 0.3 is 5.76 Å². The third-order valence-electron chi connectivity index (χ3n) is 4.37. The van der Waals surface area contributed by atoms with Gasteiger partial charge in [-0.3, -0.25) is 4.98 Å². The summed E-state index contributed by atoms with van der Waals surface area (Å²) in [6.45, 7) is 1.83. The fourth-order valence-corrected chi connectivity index (χ4v) is 2.91. The van der Waals surface area contributed by atoms with Crippen molar-refractivity contribution in [2.45, 2.75) is 13.3 Å². The average molecular weight is 413 g/mol. The van der Waals surface area contributed by atoms with Crippen LogP contribution in [0.1, 0.15) is 17.6 Å². The highest BCUT2D eigenvalue weighted by atomic mass is 19.3. The third-order valence-corrected chi connectivity index (χ3v) is 4.37. The molecule has 0 amide bonds. The standard InChI is InChI=1S/C20H17F2N5O3/c1-10-9-23-19(25-11-3-5-15(29-2)13(7-11)17(21)22)27-18(10)24-12-4-6-16-14(8-12)26-20(28)30-16/h3-9,17H,1-2H3,(H,26,28)(H2,23,24,25,27). The van der Waals surface area contributed by atoms with Gasteiger partial charge in [0.2, 0.25) is 5.95 Å². The molecule has 4 aromatic rings. The van der Waals surface area contributed by atoms with Gasteiger partial charge in [0.15, 0.2) is 5.58 Å². The van der Waals surface area contributed by atoms with E-state index < -0.39 is 12.2 Å². The molecule has 0 aliphatic carbocycles. The first kappa shape index (κ1) is 19.4. The zero-order chi connectivity index (χ0) is 21.3. The van der Waals surface area contributed by atoms with Crippen molar-refractivity contribution in [2.24, 2.45) is 0 Å². The number of aryl methyl sites for hydroxylation is 1. The van der Waals surface area contributed by atoms with Crippen LogP contribution < -0.4 is 21.1 Å². The Morgan fingerprint density at radius 1 is 1.13 bits per heavy atom. The summed E-state index contributed by atoms with van der Waals surface area (Å²) in [4.78, 5) is 22.5. The number of alkyl halides is 2. The first-order valence-corrected chi connectivity index (χ1v) is 8.89. The van der Waals surface area contributed by atoms with Crippen molar-refractivity contribution in [3.05, 3.63) is 64.3 Å². The van der Waals surface area contributed by atoms with Crippen molar-refractivity contribution in [2.75, 3.05) is 17.7 Å². The lowest BCUT2D eigenvalue weighted by Crippen LogP contribution is -2.03. The fraction of sp³-hybridized carbons (Fsp3) is 0.150. The van der Waals surface area contributed by atoms with E-state index in [-0.39, 0.29) is 17.3 Å². The lowest BCUT2D eigenvalue weighted by molar-refractivity contribution is 0.147. The number of fused-ring (bicyclic) bond motifs is 1. The summed E-state index contributed by atoms with van der Waals surface area (Å²) in [7, 11) is 1.34. The van der Waals surface area contributed by atoms with Gasteiger partial charge in [0.05, 0.1) is 18.2 Å². The number of nitrogens with one attached hydrogen (secondary N) is 3. The number of ether oxygens (including phenoxy) is 1. The maximum Gasteiger partial charge on any atom is 0.417 e. The van der Waals surface area contributed by atoms with Crippen LogP contribution in [0.25, 0.3) is 11.1 Å². The van der Waals surface area contributed by atoms with Gasteiger partial charge in [0, 0.05) is 23.1 Å². The molecule has 0 saturated heterocycles. The van der Waals surface area contributed by atoms with Crippen LogP contribution in [0.15, 0.2) is 51.8 Å². The Labute approximate surface area is 168 Å². The first-order chi connectivity index (χ1) is 14.4. The highest BCUT2D eigenvalue weighted by Crippen LogP contribution is 2.32. The van der Waals surface area contributed by atoms with Crippen molar-refractivity contribution in [3.8, 4) is 5.75 Å². The fourth-order valence-electron chi connectivity index (χ4n) is 2.91. The molecule has 8 nitrogen and oxygen atoms in total. The number of oxazole rings is 1. The number of aromatic amines is 1. The number of hydrogen-bond acceptors (Lipinski definition) is 7. The lowest BCUT2D eigenvalue weighted by Gasteiger charge is -2.13. The predicted octanol–water partition coefficient (Wildman–Crippen LogP) is 4.65. The van der Waals surface area contributed by atoms with E-state index in [4.69, 9.17) is 9.15 Å². The second-order valence-electron chi connectivity index (χ2n) is 6.46. The van der Waals surface area contributed by atoms with Gasteiger partial charge < -0.3 is 19.8 Å². The number of rotatable bonds is 6. The maximum atomic E-state index is 13.2. The molecule has 0 aliphatic rings. The normalized spacial score (nSPS) is 11.1. The van der Waals surface area contributed by atoms with Crippen molar-refractivity contribution < 1.29 is 17.9 Å². The van der Waals surface area contributed by atoms with Crippen LogP contribution in [-0.4, -0.2) is 22.1 Å². The van der Waals surface area contributed by atoms with Crippen LogP contribution in [-0.2, 0) is 0 Å². The van der Waals surface area contributed by atoms with Crippen LogP contribution in [0.5, 0.6) is 5.75 Å². The van der Waals surface area contributed by atoms with E-state index in [2.05, 4.69) is 25.6 Å². The molecule has 0 atom stereocenters. The lowest BCUT2D eigenvalue weighted by atomic mass is 10.2. The van der Waals surface area contributed by atoms with Gasteiger partial charge in [0.25, 0.3) is 6.43 Å². The van der Waals surface area contributed by atoms with Crippen LogP contribution in [0.4, 0.5) is 31.9 Å². The molecule has 0 saturated carbocycles. The summed E-state index contributed by atoms with van der Waals surface area (Å²) in [5, 5.41) is 6.08. The Hall–Kier alpha value is -3.95. The molecule has 30 heavy (non-hydrogen) atoms. The number of anilines is 4. The molecule has 4 rings (SSSR count). The van der Waals surface area contributed by atoms with Crippen LogP contribution in [0.3, 0.4) is 0 Å². The Morgan fingerprint density at radius 2 is 1.90 bits per heavy atom. The summed E-state index contributed by atoms with van der Waals surface area (Å²) >= 11 is 0. The van der Waals surface area contributed by atoms with E-state index >= 15 is 0 Å². The quantitative estimate of drug-likeness (QED) is 0.422. The second-order valence-corrected chi connectivity index (χ2v) is 6.46. The second kappa shape index (κ2) is 7.82. The van der Waals surface area contributed by atoms with Gasteiger partial charge in [-0.2, -0.15) is 4.98 Å². The van der Waals surface area contributed by atoms with Gasteiger partial charge in [-0.1, -0.05) is 0 Å². The van der Waals surface area contributed by atoms with Gasteiger partial charge in [-0.25, -0.2) is 18.6 Å². The zero-order valence-electron chi connectivity index (χ0n) is 16.0. The van der Waals surface area contributed by atoms with E-state index in [1.165, 1.54) is 19.2 Å². The van der Waals surface area contributed by atoms with E-state index in [9.17, 15) is 13.6 Å². The summed E-state index contributed by atoms with van der Waals surface area (Å²) in [5.74, 6) is 0.316. The topological polar surface area (TPSA) is 105 Å². The monoisotopic (exact) mass is 413 g/mol. The number of benzene rings is 2. The largest absolute Gasteiger partial charge is 0.496 e. The first-order valence-electron chi connectivity index (χ1n) is 8.89. The minimum atomic E-state index is -2.68. The molecule has 3 N–H and O–H groups in total. The van der Waals surface area contributed by atoms with Crippen molar-refractivity contribution in [1.82, 2.24) is 15.0 Å². The summed E-state index contributed by atoms with van der Waals surface area (Å²) in [6, 6.07) is 9.47. The summed E-state index contributed by atoms with van der Waals surface area (Å²) in [6.07, 6.45) is -1.07. The number of methoxy groups -OCH3 is 1. The van der Waals surface area contributed by atoms with Gasteiger partial charge in [-0.05, 0) is 43.3 Å². The predicted molar refractivity (Wildman–Crippen MR) is 108 cm³/mol. The maximum absolute atomic E-state index is 13.2. The number of H-pyrrole nitrogens is 1. The van der Waals surface area contributed by atoms with E-state index in [1.54, 1.807) is 30.5 Å². The molecule has 0 spiro atoms. The number of aromatic nitrogens is 3. The van der Waals surface area contributed by atoms with E-state index in [0.29, 0.717) is 28.3 Å². The molecule has 2 aromatic heterocycles. The highest BCUT2D eigenvalue weighted by molar-refractivity contribution is 5.78. The number of nitrogens with zero attached hydrogens (tertiary/aromatic N) is 2. The SMILES string of the molecule is COc1ccc(Nc2ncc(C)c(Nc3ccc4oc(=O)[nH]c4c3)n2)cc1C(F)F. The van der Waals surface area contributed by atoms with Gasteiger partial charge in [0.1, 0.15) is 11.6 Å². The summed E-state index contributed by atoms with van der Waals surface area (Å²) in [5.41, 5.74) is 2.62. The molecule has 0 fully saturated rings. The molecule has 10 heteroatoms. The van der Waals surface area contributed by atoms with Crippen molar-refractivity contribution in [1.29, 1.82) is 0 Å². The minimum Gasteiger partial charge on any atom is -0.496 e. The van der Waals surface area contributed by atoms with Crippen LogP contribution in [0.2, 0.25) is 0 Å². The van der Waals surface area contributed by atoms with Crippen LogP contribution >= 0.6 is 0 Å². The van der Waals surface area contributed by atoms with Crippen molar-refractivity contribution >= 4 is 34.2 Å². The molecule has 0 unspecified atom stereocenters. The van der Waals surface area contributed by atoms with Gasteiger partial charge in [-0.15, -0.1) is 0 Å².